The first kappa shape index (κ1) is 13.5. The molecule has 1 unspecified atom stereocenters. The van der Waals surface area contributed by atoms with Gasteiger partial charge in [-0.3, -0.25) is 0 Å². The molecule has 94 valence electrons. The van der Waals surface area contributed by atoms with E-state index in [9.17, 15) is 0 Å². The Balaban J connectivity index is 2.17. The minimum atomic E-state index is 0.301. The van der Waals surface area contributed by atoms with Gasteiger partial charge >= 0.3 is 0 Å². The normalized spacial score (nSPS) is 17.0. The minimum absolute atomic E-state index is 0.301. The van der Waals surface area contributed by atoms with Crippen LogP contribution in [0.5, 0.6) is 0 Å². The Bertz CT molecular complexity index is 206. The van der Waals surface area contributed by atoms with Gasteiger partial charge in [0, 0.05) is 20.1 Å². The predicted molar refractivity (Wildman–Crippen MR) is 63.4 cm³/mol. The molecule has 0 spiro atoms. The first-order valence-electron chi connectivity index (χ1n) is 6.01. The fourth-order valence-electron chi connectivity index (χ4n) is 1.72. The summed E-state index contributed by atoms with van der Waals surface area (Å²) in [5.41, 5.74) is 0. The molecule has 0 aromatic heterocycles. The van der Waals surface area contributed by atoms with Crippen molar-refractivity contribution in [2.45, 2.75) is 25.8 Å². The Hall–Kier alpha value is -0.580. The summed E-state index contributed by atoms with van der Waals surface area (Å²) < 4.78 is 15.9. The fourth-order valence-corrected chi connectivity index (χ4v) is 1.72. The molecule has 0 bridgehead atoms. The van der Waals surface area contributed by atoms with Crippen LogP contribution < -0.4 is 5.32 Å². The summed E-state index contributed by atoms with van der Waals surface area (Å²) in [6.07, 6.45) is 4.15. The van der Waals surface area contributed by atoms with Gasteiger partial charge in [0.2, 0.25) is 0 Å². The smallest absolute Gasteiger partial charge is 0.109 e. The summed E-state index contributed by atoms with van der Waals surface area (Å²) in [4.78, 5) is 0. The number of nitrogens with one attached hydrogen (secondary N) is 1. The van der Waals surface area contributed by atoms with Crippen LogP contribution in [0.1, 0.15) is 19.8 Å². The molecule has 0 aromatic rings. The summed E-state index contributed by atoms with van der Waals surface area (Å²) >= 11 is 0. The van der Waals surface area contributed by atoms with Gasteiger partial charge in [-0.25, -0.2) is 0 Å². The lowest BCUT2D eigenvalue weighted by molar-refractivity contribution is 0.0644. The number of ether oxygens (including phenoxy) is 3. The zero-order chi connectivity index (χ0) is 11.6. The summed E-state index contributed by atoms with van der Waals surface area (Å²) in [7, 11) is 1.68. The van der Waals surface area contributed by atoms with Crippen LogP contribution in [-0.4, -0.2) is 46.1 Å². The van der Waals surface area contributed by atoms with Crippen molar-refractivity contribution in [3.8, 4) is 0 Å². The quantitative estimate of drug-likeness (QED) is 0.605. The van der Waals surface area contributed by atoms with Crippen LogP contribution in [0.2, 0.25) is 0 Å². The zero-order valence-electron chi connectivity index (χ0n) is 10.3. The lowest BCUT2D eigenvalue weighted by Crippen LogP contribution is -2.32. The van der Waals surface area contributed by atoms with E-state index >= 15 is 0 Å². The summed E-state index contributed by atoms with van der Waals surface area (Å²) in [5, 5.41) is 3.41. The Labute approximate surface area is 97.9 Å². The third kappa shape index (κ3) is 4.96. The molecule has 0 saturated heterocycles. The van der Waals surface area contributed by atoms with Crippen LogP contribution in [-0.2, 0) is 14.2 Å². The maximum Gasteiger partial charge on any atom is 0.109 e. The standard InChI is InChI=1S/C12H23NO3/c1-3-13-11(12-5-4-7-16-12)6-8-15-10-9-14-2/h5,11,13H,3-4,6-10H2,1-2H3. The summed E-state index contributed by atoms with van der Waals surface area (Å²) in [5.74, 6) is 1.08. The second-order valence-electron chi connectivity index (χ2n) is 3.75. The molecule has 4 heteroatoms. The van der Waals surface area contributed by atoms with Crippen molar-refractivity contribution in [3.63, 3.8) is 0 Å². The highest BCUT2D eigenvalue weighted by Gasteiger charge is 2.17. The van der Waals surface area contributed by atoms with Gasteiger partial charge in [-0.05, 0) is 19.0 Å². The van der Waals surface area contributed by atoms with Crippen LogP contribution in [0.3, 0.4) is 0 Å². The summed E-state index contributed by atoms with van der Waals surface area (Å²) in [6, 6.07) is 0.301. The fraction of sp³-hybridized carbons (Fsp3) is 0.833. The Morgan fingerprint density at radius 3 is 2.94 bits per heavy atom. The second-order valence-corrected chi connectivity index (χ2v) is 3.75. The monoisotopic (exact) mass is 229 g/mol. The number of hydrogen-bond acceptors (Lipinski definition) is 4. The first-order chi connectivity index (χ1) is 7.88. The Morgan fingerprint density at radius 1 is 1.44 bits per heavy atom. The second kappa shape index (κ2) is 8.56. The van der Waals surface area contributed by atoms with Crippen molar-refractivity contribution in [2.75, 3.05) is 40.1 Å². The van der Waals surface area contributed by atoms with Crippen molar-refractivity contribution >= 4 is 0 Å². The molecular weight excluding hydrogens is 206 g/mol. The van der Waals surface area contributed by atoms with E-state index in [1.54, 1.807) is 7.11 Å². The van der Waals surface area contributed by atoms with E-state index in [-0.39, 0.29) is 0 Å². The van der Waals surface area contributed by atoms with Crippen LogP contribution >= 0.6 is 0 Å². The number of likely N-dealkylation sites (N-methyl/N-ethyl adjacent to an activating group) is 1. The van der Waals surface area contributed by atoms with Crippen LogP contribution in [0.4, 0.5) is 0 Å². The van der Waals surface area contributed by atoms with E-state index < -0.39 is 0 Å². The number of methoxy groups -OCH3 is 1. The van der Waals surface area contributed by atoms with E-state index in [1.165, 1.54) is 0 Å². The third-order valence-corrected chi connectivity index (χ3v) is 2.51. The van der Waals surface area contributed by atoms with Gasteiger partial charge in [-0.2, -0.15) is 0 Å². The van der Waals surface area contributed by atoms with Crippen LogP contribution in [0.15, 0.2) is 11.8 Å². The molecule has 0 aromatic carbocycles. The first-order valence-corrected chi connectivity index (χ1v) is 6.01. The highest BCUT2D eigenvalue weighted by molar-refractivity contribution is 5.06. The average Bonchev–Trinajstić information content (AvgIpc) is 2.81. The lowest BCUT2D eigenvalue weighted by atomic mass is 10.1. The molecule has 0 fully saturated rings. The Kier molecular flexibility index (Phi) is 7.21. The van der Waals surface area contributed by atoms with Gasteiger partial charge in [0.05, 0.1) is 25.9 Å². The van der Waals surface area contributed by atoms with Gasteiger partial charge in [-0.1, -0.05) is 6.92 Å². The van der Waals surface area contributed by atoms with Gasteiger partial charge < -0.3 is 19.5 Å². The molecule has 0 radical (unpaired) electrons. The van der Waals surface area contributed by atoms with Gasteiger partial charge in [0.15, 0.2) is 0 Å². The zero-order valence-corrected chi connectivity index (χ0v) is 10.3. The molecule has 1 N–H and O–H groups in total. The molecule has 16 heavy (non-hydrogen) atoms. The van der Waals surface area contributed by atoms with E-state index in [2.05, 4.69) is 18.3 Å². The molecule has 0 amide bonds. The van der Waals surface area contributed by atoms with Crippen molar-refractivity contribution in [2.24, 2.45) is 0 Å². The SMILES string of the molecule is CCNC(CCOCCOC)C1=CCCO1. The molecule has 1 aliphatic rings. The molecule has 1 rings (SSSR count). The Morgan fingerprint density at radius 2 is 2.31 bits per heavy atom. The molecule has 0 aliphatic carbocycles. The molecule has 1 atom stereocenters. The summed E-state index contributed by atoms with van der Waals surface area (Å²) in [6.45, 7) is 5.93. The number of hydrogen-bond donors (Lipinski definition) is 1. The maximum absolute atomic E-state index is 5.56. The van der Waals surface area contributed by atoms with Crippen molar-refractivity contribution in [3.05, 3.63) is 11.8 Å². The highest BCUT2D eigenvalue weighted by Crippen LogP contribution is 2.15. The topological polar surface area (TPSA) is 39.7 Å². The van der Waals surface area contributed by atoms with Gasteiger partial charge in [-0.15, -0.1) is 0 Å². The van der Waals surface area contributed by atoms with E-state index in [0.717, 1.165) is 38.4 Å². The lowest BCUT2D eigenvalue weighted by Gasteiger charge is -2.18. The van der Waals surface area contributed by atoms with E-state index in [0.29, 0.717) is 19.3 Å². The van der Waals surface area contributed by atoms with E-state index in [4.69, 9.17) is 14.2 Å². The van der Waals surface area contributed by atoms with Crippen molar-refractivity contribution < 1.29 is 14.2 Å². The molecule has 1 aliphatic heterocycles. The molecule has 0 saturated carbocycles. The van der Waals surface area contributed by atoms with Crippen LogP contribution in [0.25, 0.3) is 0 Å². The largest absolute Gasteiger partial charge is 0.496 e. The average molecular weight is 229 g/mol. The van der Waals surface area contributed by atoms with Crippen molar-refractivity contribution in [1.82, 2.24) is 5.32 Å². The van der Waals surface area contributed by atoms with Gasteiger partial charge in [0.1, 0.15) is 5.76 Å². The van der Waals surface area contributed by atoms with Crippen LogP contribution in [0, 0.1) is 0 Å². The van der Waals surface area contributed by atoms with Crippen molar-refractivity contribution in [1.29, 1.82) is 0 Å². The molecule has 1 heterocycles. The maximum atomic E-state index is 5.56. The molecular formula is C12H23NO3. The predicted octanol–water partition coefficient (Wildman–Crippen LogP) is 1.32. The van der Waals surface area contributed by atoms with Gasteiger partial charge in [0.25, 0.3) is 0 Å². The highest BCUT2D eigenvalue weighted by atomic mass is 16.5. The van der Waals surface area contributed by atoms with E-state index in [1.807, 2.05) is 0 Å². The molecule has 4 nitrogen and oxygen atoms in total. The number of rotatable bonds is 9. The minimum Gasteiger partial charge on any atom is -0.496 e. The third-order valence-electron chi connectivity index (χ3n) is 2.51.